The minimum absolute atomic E-state index is 0.0182. The van der Waals surface area contributed by atoms with Crippen molar-refractivity contribution >= 4 is 44.8 Å². The summed E-state index contributed by atoms with van der Waals surface area (Å²) < 4.78 is 0.914. The van der Waals surface area contributed by atoms with Crippen LogP contribution in [0.2, 0.25) is 0 Å². The van der Waals surface area contributed by atoms with E-state index in [4.69, 9.17) is 0 Å². The highest BCUT2D eigenvalue weighted by Crippen LogP contribution is 2.29. The molecule has 30 heavy (non-hydrogen) atoms. The van der Waals surface area contributed by atoms with Crippen molar-refractivity contribution in [1.29, 1.82) is 0 Å². The summed E-state index contributed by atoms with van der Waals surface area (Å²) in [5, 5.41) is 3.04. The van der Waals surface area contributed by atoms with E-state index in [0.29, 0.717) is 6.54 Å². The zero-order valence-corrected chi connectivity index (χ0v) is 19.0. The van der Waals surface area contributed by atoms with Gasteiger partial charge in [0.05, 0.1) is 5.92 Å². The van der Waals surface area contributed by atoms with Crippen LogP contribution in [0.3, 0.4) is 0 Å². The normalized spacial score (nSPS) is 20.0. The molecular weight excluding hydrogens is 444 g/mol. The largest absolute Gasteiger partial charge is 0.369 e. The number of nitrogens with one attached hydrogen (secondary N) is 1. The third-order valence-corrected chi connectivity index (χ3v) is 6.45. The van der Waals surface area contributed by atoms with Gasteiger partial charge in [0.15, 0.2) is 0 Å². The summed E-state index contributed by atoms with van der Waals surface area (Å²) in [6.07, 6.45) is 0.233. The molecule has 0 spiro atoms. The highest BCUT2D eigenvalue weighted by molar-refractivity contribution is 9.10. The Balaban J connectivity index is 1.41. The average molecular weight is 471 g/mol. The van der Waals surface area contributed by atoms with Gasteiger partial charge in [0.1, 0.15) is 0 Å². The summed E-state index contributed by atoms with van der Waals surface area (Å²) in [6, 6.07) is 13.8. The predicted octanol–water partition coefficient (Wildman–Crippen LogP) is 3.50. The molecule has 2 amide bonds. The number of carbonyl (C=O) groups excluding carboxylic acids is 2. The molecule has 6 nitrogen and oxygen atoms in total. The fourth-order valence-electron chi connectivity index (χ4n) is 4.06. The molecule has 2 fully saturated rings. The molecule has 0 bridgehead atoms. The van der Waals surface area contributed by atoms with Gasteiger partial charge in [-0.3, -0.25) is 9.59 Å². The van der Waals surface area contributed by atoms with E-state index in [1.165, 1.54) is 5.69 Å². The number of aryl methyl sites for hydroxylation is 1. The van der Waals surface area contributed by atoms with E-state index < -0.39 is 0 Å². The number of piperazine rings is 1. The van der Waals surface area contributed by atoms with E-state index in [-0.39, 0.29) is 24.2 Å². The summed E-state index contributed by atoms with van der Waals surface area (Å²) in [7, 11) is 2.15. The molecule has 2 aliphatic heterocycles. The molecule has 0 saturated carbocycles. The first-order chi connectivity index (χ1) is 14.4. The van der Waals surface area contributed by atoms with Gasteiger partial charge in [-0.05, 0) is 55.9 Å². The first-order valence-electron chi connectivity index (χ1n) is 10.3. The maximum absolute atomic E-state index is 12.9. The Labute approximate surface area is 186 Å². The van der Waals surface area contributed by atoms with Gasteiger partial charge >= 0.3 is 0 Å². The molecule has 158 valence electrons. The van der Waals surface area contributed by atoms with Crippen molar-refractivity contribution in [2.45, 2.75) is 13.3 Å². The molecule has 2 aromatic carbocycles. The van der Waals surface area contributed by atoms with Crippen LogP contribution in [-0.2, 0) is 9.59 Å². The Morgan fingerprint density at radius 1 is 1.07 bits per heavy atom. The molecule has 1 N–H and O–H groups in total. The Morgan fingerprint density at radius 3 is 2.53 bits per heavy atom. The van der Waals surface area contributed by atoms with E-state index in [1.807, 2.05) is 37.3 Å². The lowest BCUT2D eigenvalue weighted by Gasteiger charge is -2.34. The van der Waals surface area contributed by atoms with Gasteiger partial charge in [0, 0.05) is 60.7 Å². The lowest BCUT2D eigenvalue weighted by Crippen LogP contribution is -2.44. The van der Waals surface area contributed by atoms with Crippen LogP contribution in [0.15, 0.2) is 46.9 Å². The quantitative estimate of drug-likeness (QED) is 0.742. The average Bonchev–Trinajstić information content (AvgIpc) is 3.12. The Hall–Kier alpha value is -2.38. The molecule has 2 saturated heterocycles. The second-order valence-electron chi connectivity index (χ2n) is 8.16. The van der Waals surface area contributed by atoms with E-state index in [2.05, 4.69) is 50.2 Å². The summed E-state index contributed by atoms with van der Waals surface area (Å²) in [6.45, 7) is 6.56. The van der Waals surface area contributed by atoms with E-state index in [0.717, 1.165) is 47.6 Å². The van der Waals surface area contributed by atoms with E-state index >= 15 is 0 Å². The summed E-state index contributed by atoms with van der Waals surface area (Å²) in [4.78, 5) is 31.8. The third kappa shape index (κ3) is 4.52. The standard InChI is InChI=1S/C23H27BrN4O2/c1-16-12-19(27-10-8-26(2)9-11-27)6-7-21(16)25-23(30)17-13-22(29)28(15-17)20-5-3-4-18(24)14-20/h3-7,12,14,17H,8-11,13,15H2,1-2H3,(H,25,30). The second kappa shape index (κ2) is 8.78. The molecule has 0 aliphatic carbocycles. The topological polar surface area (TPSA) is 55.9 Å². The van der Waals surface area contributed by atoms with Crippen molar-refractivity contribution in [3.05, 3.63) is 52.5 Å². The van der Waals surface area contributed by atoms with Crippen LogP contribution < -0.4 is 15.1 Å². The molecule has 1 unspecified atom stereocenters. The van der Waals surface area contributed by atoms with Gasteiger partial charge in [-0.15, -0.1) is 0 Å². The van der Waals surface area contributed by atoms with Gasteiger partial charge in [0.25, 0.3) is 0 Å². The fourth-order valence-corrected chi connectivity index (χ4v) is 4.45. The molecule has 7 heteroatoms. The molecule has 1 atom stereocenters. The lowest BCUT2D eigenvalue weighted by molar-refractivity contribution is -0.122. The third-order valence-electron chi connectivity index (χ3n) is 5.95. The van der Waals surface area contributed by atoms with Crippen LogP contribution in [0.5, 0.6) is 0 Å². The summed E-state index contributed by atoms with van der Waals surface area (Å²) >= 11 is 3.44. The van der Waals surface area contributed by atoms with Crippen molar-refractivity contribution in [3.63, 3.8) is 0 Å². The number of anilines is 3. The van der Waals surface area contributed by atoms with Crippen molar-refractivity contribution in [1.82, 2.24) is 4.90 Å². The van der Waals surface area contributed by atoms with Gasteiger partial charge in [-0.1, -0.05) is 22.0 Å². The van der Waals surface area contributed by atoms with Crippen molar-refractivity contribution in [2.75, 3.05) is 54.9 Å². The van der Waals surface area contributed by atoms with Gasteiger partial charge in [-0.25, -0.2) is 0 Å². The molecule has 2 aromatic rings. The predicted molar refractivity (Wildman–Crippen MR) is 124 cm³/mol. The molecule has 0 radical (unpaired) electrons. The first-order valence-corrected chi connectivity index (χ1v) is 11.1. The first kappa shape index (κ1) is 20.9. The molecule has 4 rings (SSSR count). The molecule has 2 heterocycles. The Kier molecular flexibility index (Phi) is 6.11. The highest BCUT2D eigenvalue weighted by Gasteiger charge is 2.35. The number of nitrogens with zero attached hydrogens (tertiary/aromatic N) is 3. The van der Waals surface area contributed by atoms with E-state index in [9.17, 15) is 9.59 Å². The lowest BCUT2D eigenvalue weighted by atomic mass is 10.1. The highest BCUT2D eigenvalue weighted by atomic mass is 79.9. The maximum atomic E-state index is 12.9. The number of amides is 2. The SMILES string of the molecule is Cc1cc(N2CCN(C)CC2)ccc1NC(=O)C1CC(=O)N(c2cccc(Br)c2)C1. The zero-order valence-electron chi connectivity index (χ0n) is 17.4. The maximum Gasteiger partial charge on any atom is 0.229 e. The number of hydrogen-bond donors (Lipinski definition) is 1. The molecule has 0 aromatic heterocycles. The number of carbonyl (C=O) groups is 2. The number of likely N-dealkylation sites (N-methyl/N-ethyl adjacent to an activating group) is 1. The van der Waals surface area contributed by atoms with Gasteiger partial charge in [-0.2, -0.15) is 0 Å². The van der Waals surface area contributed by atoms with Crippen molar-refractivity contribution in [2.24, 2.45) is 5.92 Å². The van der Waals surface area contributed by atoms with Crippen LogP contribution in [-0.4, -0.2) is 56.5 Å². The van der Waals surface area contributed by atoms with Gasteiger partial charge in [0.2, 0.25) is 11.8 Å². The number of hydrogen-bond acceptors (Lipinski definition) is 4. The minimum atomic E-state index is -0.354. The van der Waals surface area contributed by atoms with Crippen LogP contribution in [0.25, 0.3) is 0 Å². The molecular formula is C23H27BrN4O2. The van der Waals surface area contributed by atoms with Crippen LogP contribution in [0, 0.1) is 12.8 Å². The van der Waals surface area contributed by atoms with Gasteiger partial charge < -0.3 is 20.0 Å². The Bertz CT molecular complexity index is 956. The summed E-state index contributed by atoms with van der Waals surface area (Å²) in [5.41, 5.74) is 3.85. The zero-order chi connectivity index (χ0) is 21.3. The van der Waals surface area contributed by atoms with Crippen LogP contribution >= 0.6 is 15.9 Å². The summed E-state index contributed by atoms with van der Waals surface area (Å²) in [5.74, 6) is -0.472. The molecule has 2 aliphatic rings. The monoisotopic (exact) mass is 470 g/mol. The van der Waals surface area contributed by atoms with Crippen LogP contribution in [0.1, 0.15) is 12.0 Å². The number of benzene rings is 2. The van der Waals surface area contributed by atoms with Crippen molar-refractivity contribution < 1.29 is 9.59 Å². The second-order valence-corrected chi connectivity index (χ2v) is 9.08. The number of rotatable bonds is 4. The number of halogens is 1. The van der Waals surface area contributed by atoms with Crippen molar-refractivity contribution in [3.8, 4) is 0 Å². The van der Waals surface area contributed by atoms with Crippen LogP contribution in [0.4, 0.5) is 17.1 Å². The van der Waals surface area contributed by atoms with E-state index in [1.54, 1.807) is 4.90 Å². The smallest absolute Gasteiger partial charge is 0.229 e. The minimum Gasteiger partial charge on any atom is -0.369 e. The fraction of sp³-hybridized carbons (Fsp3) is 0.391. The Morgan fingerprint density at radius 2 is 1.83 bits per heavy atom.